The molecule has 1 rings (SSSR count). The van der Waals surface area contributed by atoms with Gasteiger partial charge in [0.2, 0.25) is 10.0 Å². The zero-order chi connectivity index (χ0) is 12.3. The van der Waals surface area contributed by atoms with Crippen molar-refractivity contribution in [2.75, 3.05) is 11.3 Å². The first kappa shape index (κ1) is 13.0. The topological polar surface area (TPSA) is 72.2 Å². The Hall–Kier alpha value is -1.07. The van der Waals surface area contributed by atoms with E-state index in [-0.39, 0.29) is 6.54 Å². The molecule has 0 radical (unpaired) electrons. The summed E-state index contributed by atoms with van der Waals surface area (Å²) >= 11 is 0. The Kier molecular flexibility index (Phi) is 3.93. The van der Waals surface area contributed by atoms with Gasteiger partial charge in [-0.1, -0.05) is 18.2 Å². The third-order valence-corrected chi connectivity index (χ3v) is 4.33. The molecule has 1 aromatic rings. The van der Waals surface area contributed by atoms with E-state index in [9.17, 15) is 8.42 Å². The van der Waals surface area contributed by atoms with Gasteiger partial charge >= 0.3 is 0 Å². The lowest BCUT2D eigenvalue weighted by Gasteiger charge is -2.16. The zero-order valence-electron chi connectivity index (χ0n) is 9.82. The fraction of sp³-hybridized carbons (Fsp3) is 0.455. The van der Waals surface area contributed by atoms with Crippen LogP contribution in [0.15, 0.2) is 18.2 Å². The summed E-state index contributed by atoms with van der Waals surface area (Å²) in [7, 11) is -3.38. The second-order valence-electron chi connectivity index (χ2n) is 3.96. The van der Waals surface area contributed by atoms with Crippen LogP contribution >= 0.6 is 0 Å². The van der Waals surface area contributed by atoms with Crippen LogP contribution in [0.4, 0.5) is 5.69 Å². The van der Waals surface area contributed by atoms with Crippen molar-refractivity contribution in [1.29, 1.82) is 0 Å². The molecule has 0 aliphatic carbocycles. The van der Waals surface area contributed by atoms with Crippen molar-refractivity contribution in [1.82, 2.24) is 0 Å². The number of nitrogens with one attached hydrogen (secondary N) is 1. The highest BCUT2D eigenvalue weighted by molar-refractivity contribution is 7.93. The van der Waals surface area contributed by atoms with Crippen LogP contribution in [-0.4, -0.2) is 20.2 Å². The van der Waals surface area contributed by atoms with E-state index in [2.05, 4.69) is 4.72 Å². The van der Waals surface area contributed by atoms with Crippen LogP contribution in [0.3, 0.4) is 0 Å². The Bertz CT molecular complexity index is 449. The molecule has 0 amide bonds. The van der Waals surface area contributed by atoms with E-state index in [1.807, 2.05) is 32.0 Å². The summed E-state index contributed by atoms with van der Waals surface area (Å²) in [6, 6.07) is 5.64. The van der Waals surface area contributed by atoms with Gasteiger partial charge in [0.25, 0.3) is 0 Å². The smallest absolute Gasteiger partial charge is 0.236 e. The molecule has 0 saturated carbocycles. The van der Waals surface area contributed by atoms with Gasteiger partial charge in [-0.05, 0) is 31.9 Å². The van der Waals surface area contributed by atoms with Crippen LogP contribution in [0, 0.1) is 13.8 Å². The fourth-order valence-electron chi connectivity index (χ4n) is 1.34. The highest BCUT2D eigenvalue weighted by atomic mass is 32.2. The van der Waals surface area contributed by atoms with E-state index >= 15 is 0 Å². The molecular weight excluding hydrogens is 224 g/mol. The Morgan fingerprint density at radius 3 is 2.25 bits per heavy atom. The van der Waals surface area contributed by atoms with Gasteiger partial charge < -0.3 is 5.73 Å². The molecule has 0 spiro atoms. The largest absolute Gasteiger partial charge is 0.329 e. The third-order valence-electron chi connectivity index (χ3n) is 2.59. The lowest BCUT2D eigenvalue weighted by molar-refractivity contribution is 0.589. The number of nitrogens with two attached hydrogens (primary N) is 1. The molecule has 1 atom stereocenters. The molecule has 90 valence electrons. The number of anilines is 1. The second kappa shape index (κ2) is 4.84. The van der Waals surface area contributed by atoms with Gasteiger partial charge in [0, 0.05) is 6.54 Å². The molecular formula is C11H18N2O2S. The second-order valence-corrected chi connectivity index (χ2v) is 6.06. The first-order valence-electron chi connectivity index (χ1n) is 5.16. The molecule has 1 unspecified atom stereocenters. The van der Waals surface area contributed by atoms with Crippen molar-refractivity contribution in [3.8, 4) is 0 Å². The molecule has 0 fully saturated rings. The highest BCUT2D eigenvalue weighted by Gasteiger charge is 2.20. The summed E-state index contributed by atoms with van der Waals surface area (Å²) in [6.07, 6.45) is 0. The number of benzene rings is 1. The predicted octanol–water partition coefficient (Wildman–Crippen LogP) is 1.39. The van der Waals surface area contributed by atoms with Crippen LogP contribution in [0.2, 0.25) is 0 Å². The van der Waals surface area contributed by atoms with E-state index in [1.165, 1.54) is 0 Å². The van der Waals surface area contributed by atoms with Gasteiger partial charge in [-0.15, -0.1) is 0 Å². The number of rotatable bonds is 4. The van der Waals surface area contributed by atoms with E-state index in [0.29, 0.717) is 5.69 Å². The third kappa shape index (κ3) is 2.74. The van der Waals surface area contributed by atoms with Crippen LogP contribution in [0.25, 0.3) is 0 Å². The Morgan fingerprint density at radius 1 is 1.31 bits per heavy atom. The van der Waals surface area contributed by atoms with Crippen LogP contribution < -0.4 is 10.5 Å². The van der Waals surface area contributed by atoms with Crippen LogP contribution in [0.5, 0.6) is 0 Å². The number of hydrogen-bond donors (Lipinski definition) is 2. The average Bonchev–Trinajstić information content (AvgIpc) is 2.22. The van der Waals surface area contributed by atoms with Gasteiger partial charge in [0.15, 0.2) is 0 Å². The van der Waals surface area contributed by atoms with Gasteiger partial charge in [0.05, 0.1) is 10.9 Å². The molecule has 16 heavy (non-hydrogen) atoms. The number of hydrogen-bond acceptors (Lipinski definition) is 3. The molecule has 3 N–H and O–H groups in total. The summed E-state index contributed by atoms with van der Waals surface area (Å²) in [5.74, 6) is 0. The summed E-state index contributed by atoms with van der Waals surface area (Å²) < 4.78 is 26.3. The fourth-order valence-corrected chi connectivity index (χ4v) is 2.41. The summed E-state index contributed by atoms with van der Waals surface area (Å²) in [6.45, 7) is 5.45. The van der Waals surface area contributed by atoms with E-state index < -0.39 is 15.3 Å². The van der Waals surface area contributed by atoms with Gasteiger partial charge in [-0.25, -0.2) is 8.42 Å². The molecule has 0 bridgehead atoms. The normalized spacial score (nSPS) is 13.5. The maximum atomic E-state index is 11.8. The molecule has 4 nitrogen and oxygen atoms in total. The lowest BCUT2D eigenvalue weighted by Crippen LogP contribution is -2.32. The van der Waals surface area contributed by atoms with Crippen molar-refractivity contribution in [2.24, 2.45) is 5.73 Å². The van der Waals surface area contributed by atoms with Crippen molar-refractivity contribution < 1.29 is 8.42 Å². The van der Waals surface area contributed by atoms with Crippen LogP contribution in [-0.2, 0) is 10.0 Å². The minimum Gasteiger partial charge on any atom is -0.329 e. The maximum Gasteiger partial charge on any atom is 0.236 e. The summed E-state index contributed by atoms with van der Waals surface area (Å²) in [5.41, 5.74) is 7.84. The predicted molar refractivity (Wildman–Crippen MR) is 67.0 cm³/mol. The maximum absolute atomic E-state index is 11.8. The van der Waals surface area contributed by atoms with Crippen molar-refractivity contribution in [3.05, 3.63) is 29.3 Å². The van der Waals surface area contributed by atoms with Crippen molar-refractivity contribution in [3.63, 3.8) is 0 Å². The van der Waals surface area contributed by atoms with Gasteiger partial charge in [-0.2, -0.15) is 0 Å². The molecule has 0 aliphatic rings. The van der Waals surface area contributed by atoms with E-state index in [0.717, 1.165) is 11.1 Å². The molecule has 0 saturated heterocycles. The van der Waals surface area contributed by atoms with E-state index in [4.69, 9.17) is 5.73 Å². The monoisotopic (exact) mass is 242 g/mol. The Labute approximate surface area is 96.9 Å². The van der Waals surface area contributed by atoms with Crippen molar-refractivity contribution >= 4 is 15.7 Å². The molecule has 0 heterocycles. The molecule has 0 aliphatic heterocycles. The quantitative estimate of drug-likeness (QED) is 0.838. The average molecular weight is 242 g/mol. The molecule has 1 aromatic carbocycles. The summed E-state index contributed by atoms with van der Waals surface area (Å²) in [4.78, 5) is 0. The van der Waals surface area contributed by atoms with E-state index in [1.54, 1.807) is 6.92 Å². The first-order valence-corrected chi connectivity index (χ1v) is 6.71. The van der Waals surface area contributed by atoms with Crippen molar-refractivity contribution in [2.45, 2.75) is 26.0 Å². The Balaban J connectivity index is 3.06. The number of sulfonamides is 1. The van der Waals surface area contributed by atoms with Gasteiger partial charge in [-0.3, -0.25) is 4.72 Å². The SMILES string of the molecule is Cc1cccc(C)c1NS(=O)(=O)C(C)CN. The first-order chi connectivity index (χ1) is 7.38. The standard InChI is InChI=1S/C11H18N2O2S/c1-8-5-4-6-9(2)11(8)13-16(14,15)10(3)7-12/h4-6,10,13H,7,12H2,1-3H3. The molecule has 5 heteroatoms. The summed E-state index contributed by atoms with van der Waals surface area (Å²) in [5, 5.41) is -0.591. The minimum atomic E-state index is -3.38. The number of para-hydroxylation sites is 1. The molecule has 0 aromatic heterocycles. The lowest BCUT2D eigenvalue weighted by atomic mass is 10.1. The number of aryl methyl sites for hydroxylation is 2. The Morgan fingerprint density at radius 2 is 1.81 bits per heavy atom. The minimum absolute atomic E-state index is 0.111. The zero-order valence-corrected chi connectivity index (χ0v) is 10.6. The highest BCUT2D eigenvalue weighted by Crippen LogP contribution is 2.21. The van der Waals surface area contributed by atoms with Gasteiger partial charge in [0.1, 0.15) is 0 Å². The van der Waals surface area contributed by atoms with Crippen LogP contribution in [0.1, 0.15) is 18.1 Å².